The molecule has 7 nitrogen and oxygen atoms in total. The molecule has 0 aliphatic carbocycles. The van der Waals surface area contributed by atoms with Crippen molar-refractivity contribution in [3.8, 4) is 0 Å². The summed E-state index contributed by atoms with van der Waals surface area (Å²) in [4.78, 5) is 23.3. The topological polar surface area (TPSA) is 96.9 Å². The van der Waals surface area contributed by atoms with Crippen LogP contribution in [0.25, 0.3) is 0 Å². The largest absolute Gasteiger partial charge is 0.481 e. The zero-order chi connectivity index (χ0) is 15.1. The fraction of sp³-hybridized carbons (Fsp3) is 0.857. The Hall–Kier alpha value is -1.18. The van der Waals surface area contributed by atoms with Crippen molar-refractivity contribution in [2.75, 3.05) is 39.5 Å². The first-order valence-electron chi connectivity index (χ1n) is 7.52. The summed E-state index contributed by atoms with van der Waals surface area (Å²) in [5.41, 5.74) is -0.900. The quantitative estimate of drug-likeness (QED) is 0.626. The summed E-state index contributed by atoms with van der Waals surface area (Å²) in [6.07, 6.45) is 2.79. The summed E-state index contributed by atoms with van der Waals surface area (Å²) in [5.74, 6) is -1.12. The number of hydrogen-bond donors (Lipinski definition) is 3. The van der Waals surface area contributed by atoms with Crippen molar-refractivity contribution >= 4 is 11.9 Å². The molecule has 0 aromatic heterocycles. The third-order valence-electron chi connectivity index (χ3n) is 4.26. The number of rotatable bonds is 6. The van der Waals surface area contributed by atoms with Crippen LogP contribution >= 0.6 is 0 Å². The summed E-state index contributed by atoms with van der Waals surface area (Å²) in [7, 11) is 0. The van der Waals surface area contributed by atoms with Crippen LogP contribution in [0.3, 0.4) is 0 Å². The fourth-order valence-electron chi connectivity index (χ4n) is 2.70. The van der Waals surface area contributed by atoms with Gasteiger partial charge < -0.3 is 25.2 Å². The maximum Gasteiger partial charge on any atom is 0.311 e. The van der Waals surface area contributed by atoms with Gasteiger partial charge in [0.2, 0.25) is 5.91 Å². The molecule has 2 saturated heterocycles. The van der Waals surface area contributed by atoms with E-state index in [9.17, 15) is 14.7 Å². The smallest absolute Gasteiger partial charge is 0.311 e. The molecule has 2 aliphatic heterocycles. The van der Waals surface area contributed by atoms with Gasteiger partial charge in [-0.1, -0.05) is 0 Å². The van der Waals surface area contributed by atoms with Crippen LogP contribution in [0.2, 0.25) is 0 Å². The van der Waals surface area contributed by atoms with Gasteiger partial charge in [-0.3, -0.25) is 9.59 Å². The Labute approximate surface area is 124 Å². The molecule has 2 heterocycles. The van der Waals surface area contributed by atoms with E-state index in [1.54, 1.807) is 0 Å². The molecule has 21 heavy (non-hydrogen) atoms. The van der Waals surface area contributed by atoms with E-state index < -0.39 is 11.4 Å². The third kappa shape index (κ3) is 4.66. The molecule has 0 unspecified atom stereocenters. The van der Waals surface area contributed by atoms with Crippen molar-refractivity contribution < 1.29 is 24.2 Å². The average Bonchev–Trinajstić information content (AvgIpc) is 2.52. The van der Waals surface area contributed by atoms with E-state index in [1.807, 2.05) is 0 Å². The zero-order valence-electron chi connectivity index (χ0n) is 12.2. The second kappa shape index (κ2) is 7.72. The molecular weight excluding hydrogens is 276 g/mol. The van der Waals surface area contributed by atoms with Gasteiger partial charge in [0.25, 0.3) is 0 Å². The molecule has 1 amide bonds. The van der Waals surface area contributed by atoms with Crippen LogP contribution in [0.4, 0.5) is 0 Å². The number of piperidine rings is 1. The monoisotopic (exact) mass is 300 g/mol. The lowest BCUT2D eigenvalue weighted by Gasteiger charge is -2.33. The van der Waals surface area contributed by atoms with Crippen molar-refractivity contribution in [3.63, 3.8) is 0 Å². The van der Waals surface area contributed by atoms with E-state index in [4.69, 9.17) is 9.47 Å². The highest BCUT2D eigenvalue weighted by atomic mass is 16.5. The maximum atomic E-state index is 11.8. The van der Waals surface area contributed by atoms with E-state index in [0.717, 1.165) is 25.9 Å². The molecule has 0 bridgehead atoms. The summed E-state index contributed by atoms with van der Waals surface area (Å²) < 4.78 is 10.8. The number of ether oxygens (including phenoxy) is 2. The van der Waals surface area contributed by atoms with E-state index in [-0.39, 0.29) is 25.2 Å². The van der Waals surface area contributed by atoms with Gasteiger partial charge in [0.1, 0.15) is 6.61 Å². The van der Waals surface area contributed by atoms with Gasteiger partial charge in [0.05, 0.1) is 11.5 Å². The summed E-state index contributed by atoms with van der Waals surface area (Å²) in [5, 5.41) is 15.3. The van der Waals surface area contributed by atoms with Gasteiger partial charge in [0.15, 0.2) is 0 Å². The number of carbonyl (C=O) groups excluding carboxylic acids is 1. The lowest BCUT2D eigenvalue weighted by atomic mass is 9.80. The van der Waals surface area contributed by atoms with Crippen molar-refractivity contribution in [2.24, 2.45) is 5.41 Å². The molecule has 0 aromatic rings. The SMILES string of the molecule is O=C(COC1CCNCC1)NCC1(C(=O)O)CCOCC1. The van der Waals surface area contributed by atoms with Crippen molar-refractivity contribution in [2.45, 2.75) is 31.8 Å². The van der Waals surface area contributed by atoms with Crippen LogP contribution in [0.1, 0.15) is 25.7 Å². The highest BCUT2D eigenvalue weighted by Gasteiger charge is 2.40. The highest BCUT2D eigenvalue weighted by molar-refractivity contribution is 5.79. The van der Waals surface area contributed by atoms with Crippen molar-refractivity contribution in [1.29, 1.82) is 0 Å². The predicted octanol–water partition coefficient (Wildman–Crippen LogP) is -0.247. The Morgan fingerprint density at radius 3 is 2.57 bits per heavy atom. The van der Waals surface area contributed by atoms with Gasteiger partial charge in [-0.05, 0) is 38.8 Å². The first-order valence-corrected chi connectivity index (χ1v) is 7.52. The number of aliphatic carboxylic acids is 1. The minimum Gasteiger partial charge on any atom is -0.481 e. The molecule has 2 rings (SSSR count). The first kappa shape index (κ1) is 16.2. The van der Waals surface area contributed by atoms with E-state index in [0.29, 0.717) is 26.1 Å². The average molecular weight is 300 g/mol. The number of hydrogen-bond acceptors (Lipinski definition) is 5. The van der Waals surface area contributed by atoms with Crippen LogP contribution < -0.4 is 10.6 Å². The zero-order valence-corrected chi connectivity index (χ0v) is 12.2. The normalized spacial score (nSPS) is 22.7. The second-order valence-corrected chi connectivity index (χ2v) is 5.73. The molecule has 0 radical (unpaired) electrons. The molecule has 2 aliphatic rings. The lowest BCUT2D eigenvalue weighted by Crippen LogP contribution is -2.47. The number of carboxylic acids is 1. The Morgan fingerprint density at radius 2 is 1.95 bits per heavy atom. The number of nitrogens with one attached hydrogen (secondary N) is 2. The fourth-order valence-corrected chi connectivity index (χ4v) is 2.70. The molecule has 0 aromatic carbocycles. The Bertz CT molecular complexity index is 362. The first-order chi connectivity index (χ1) is 10.1. The third-order valence-corrected chi connectivity index (χ3v) is 4.26. The Balaban J connectivity index is 1.72. The lowest BCUT2D eigenvalue weighted by molar-refractivity contribution is -0.155. The molecule has 0 saturated carbocycles. The van der Waals surface area contributed by atoms with Crippen LogP contribution in [0, 0.1) is 5.41 Å². The molecule has 0 spiro atoms. The highest BCUT2D eigenvalue weighted by Crippen LogP contribution is 2.30. The minimum absolute atomic E-state index is 0.00311. The van der Waals surface area contributed by atoms with E-state index in [1.165, 1.54) is 0 Å². The Kier molecular flexibility index (Phi) is 5.96. The Morgan fingerprint density at radius 1 is 1.29 bits per heavy atom. The van der Waals surface area contributed by atoms with Gasteiger partial charge >= 0.3 is 5.97 Å². The van der Waals surface area contributed by atoms with Crippen LogP contribution in [-0.2, 0) is 19.1 Å². The van der Waals surface area contributed by atoms with E-state index >= 15 is 0 Å². The molecule has 3 N–H and O–H groups in total. The molecule has 7 heteroatoms. The van der Waals surface area contributed by atoms with Gasteiger partial charge in [-0.2, -0.15) is 0 Å². The summed E-state index contributed by atoms with van der Waals surface area (Å²) in [6, 6.07) is 0. The molecule has 2 fully saturated rings. The number of carbonyl (C=O) groups is 2. The summed E-state index contributed by atoms with van der Waals surface area (Å²) >= 11 is 0. The van der Waals surface area contributed by atoms with Crippen molar-refractivity contribution in [1.82, 2.24) is 10.6 Å². The number of amides is 1. The van der Waals surface area contributed by atoms with Crippen molar-refractivity contribution in [3.05, 3.63) is 0 Å². The second-order valence-electron chi connectivity index (χ2n) is 5.73. The standard InChI is InChI=1S/C14H24N2O5/c17-12(9-21-11-1-5-15-6-2-11)16-10-14(13(18)19)3-7-20-8-4-14/h11,15H,1-10H2,(H,16,17)(H,18,19). The molecule has 120 valence electrons. The van der Waals surface area contributed by atoms with E-state index in [2.05, 4.69) is 10.6 Å². The minimum atomic E-state index is -0.900. The maximum absolute atomic E-state index is 11.8. The van der Waals surface area contributed by atoms with Crippen LogP contribution in [-0.4, -0.2) is 62.5 Å². The van der Waals surface area contributed by atoms with Gasteiger partial charge in [-0.15, -0.1) is 0 Å². The predicted molar refractivity (Wildman–Crippen MR) is 75.0 cm³/mol. The van der Waals surface area contributed by atoms with Gasteiger partial charge in [-0.25, -0.2) is 0 Å². The van der Waals surface area contributed by atoms with Gasteiger partial charge in [0, 0.05) is 19.8 Å². The molecule has 0 atom stereocenters. The molecular formula is C14H24N2O5. The van der Waals surface area contributed by atoms with Crippen LogP contribution in [0.15, 0.2) is 0 Å². The van der Waals surface area contributed by atoms with Crippen LogP contribution in [0.5, 0.6) is 0 Å². The summed E-state index contributed by atoms with van der Waals surface area (Å²) in [6.45, 7) is 2.81. The number of carboxylic acid groups (broad SMARTS) is 1.